The molecule has 0 aromatic carbocycles. The number of hydrogen-bond acceptors (Lipinski definition) is 3. The van der Waals surface area contributed by atoms with Crippen LogP contribution in [0.5, 0.6) is 0 Å². The zero-order valence-corrected chi connectivity index (χ0v) is 11.1. The monoisotopic (exact) mass is 259 g/mol. The minimum absolute atomic E-state index is 0.368. The summed E-state index contributed by atoms with van der Waals surface area (Å²) in [4.78, 5) is 2.32. The van der Waals surface area contributed by atoms with Crippen LogP contribution in [0.25, 0.3) is 0 Å². The van der Waals surface area contributed by atoms with Crippen LogP contribution in [-0.4, -0.2) is 50.0 Å². The third kappa shape index (κ3) is 4.59. The third-order valence-electron chi connectivity index (χ3n) is 3.37. The Labute approximate surface area is 109 Å². The summed E-state index contributed by atoms with van der Waals surface area (Å²) < 4.78 is 11.3. The minimum atomic E-state index is 0.368. The van der Waals surface area contributed by atoms with Gasteiger partial charge in [0.15, 0.2) is 0 Å². The molecule has 0 amide bonds. The summed E-state index contributed by atoms with van der Waals surface area (Å²) in [6.45, 7) is 8.23. The van der Waals surface area contributed by atoms with E-state index < -0.39 is 0 Å². The predicted octanol–water partition coefficient (Wildman–Crippen LogP) is 2.40. The molecule has 2 unspecified atom stereocenters. The van der Waals surface area contributed by atoms with E-state index in [-0.39, 0.29) is 0 Å². The molecule has 0 radical (unpaired) electrons. The van der Waals surface area contributed by atoms with Crippen LogP contribution in [0.1, 0.15) is 25.7 Å². The molecule has 0 aromatic rings. The maximum absolute atomic E-state index is 5.93. The Balaban J connectivity index is 1.80. The van der Waals surface area contributed by atoms with Crippen LogP contribution in [0.15, 0.2) is 11.6 Å². The Hall–Kier alpha value is -0.0900. The molecule has 17 heavy (non-hydrogen) atoms. The highest BCUT2D eigenvalue weighted by Crippen LogP contribution is 2.18. The molecule has 2 rings (SSSR count). The molecule has 4 heteroatoms. The van der Waals surface area contributed by atoms with E-state index in [0.29, 0.717) is 17.2 Å². The van der Waals surface area contributed by atoms with Gasteiger partial charge in [-0.05, 0) is 25.7 Å². The SMILES string of the molecule is C=C(Cl)CN(CC1CCCO1)CC1CCCO1. The fourth-order valence-electron chi connectivity index (χ4n) is 2.60. The van der Waals surface area contributed by atoms with E-state index in [4.69, 9.17) is 21.1 Å². The summed E-state index contributed by atoms with van der Waals surface area (Å²) in [7, 11) is 0. The summed E-state index contributed by atoms with van der Waals surface area (Å²) in [6.07, 6.45) is 5.42. The highest BCUT2D eigenvalue weighted by atomic mass is 35.5. The van der Waals surface area contributed by atoms with Gasteiger partial charge < -0.3 is 9.47 Å². The summed E-state index contributed by atoms with van der Waals surface area (Å²) >= 11 is 5.93. The van der Waals surface area contributed by atoms with Crippen LogP contribution in [0.4, 0.5) is 0 Å². The number of ether oxygens (including phenoxy) is 2. The Morgan fingerprint density at radius 2 is 1.65 bits per heavy atom. The fraction of sp³-hybridized carbons (Fsp3) is 0.846. The Morgan fingerprint density at radius 3 is 2.00 bits per heavy atom. The molecule has 0 aliphatic carbocycles. The van der Waals surface area contributed by atoms with E-state index in [0.717, 1.165) is 45.7 Å². The van der Waals surface area contributed by atoms with Crippen molar-refractivity contribution in [3.05, 3.63) is 11.6 Å². The van der Waals surface area contributed by atoms with Gasteiger partial charge in [0.05, 0.1) is 12.2 Å². The number of rotatable bonds is 6. The number of nitrogens with zero attached hydrogens (tertiary/aromatic N) is 1. The van der Waals surface area contributed by atoms with E-state index in [1.54, 1.807) is 0 Å². The van der Waals surface area contributed by atoms with Crippen molar-refractivity contribution < 1.29 is 9.47 Å². The second-order valence-corrected chi connectivity index (χ2v) is 5.52. The van der Waals surface area contributed by atoms with E-state index in [1.807, 2.05) is 0 Å². The van der Waals surface area contributed by atoms with Gasteiger partial charge in [0, 0.05) is 37.9 Å². The fourth-order valence-corrected chi connectivity index (χ4v) is 2.77. The number of halogens is 1. The predicted molar refractivity (Wildman–Crippen MR) is 69.4 cm³/mol. The molecule has 2 saturated heterocycles. The van der Waals surface area contributed by atoms with E-state index in [2.05, 4.69) is 11.5 Å². The molecule has 3 nitrogen and oxygen atoms in total. The molecule has 2 aliphatic rings. The van der Waals surface area contributed by atoms with Crippen molar-refractivity contribution in [1.29, 1.82) is 0 Å². The van der Waals surface area contributed by atoms with Crippen molar-refractivity contribution in [1.82, 2.24) is 4.90 Å². The Morgan fingerprint density at radius 1 is 1.12 bits per heavy atom. The highest BCUT2D eigenvalue weighted by molar-refractivity contribution is 6.29. The van der Waals surface area contributed by atoms with Crippen LogP contribution in [0, 0.1) is 0 Å². The zero-order valence-electron chi connectivity index (χ0n) is 10.4. The third-order valence-corrected chi connectivity index (χ3v) is 3.49. The van der Waals surface area contributed by atoms with Crippen molar-refractivity contribution >= 4 is 11.6 Å². The maximum atomic E-state index is 5.93. The molecule has 2 atom stereocenters. The van der Waals surface area contributed by atoms with Crippen molar-refractivity contribution in [2.45, 2.75) is 37.9 Å². The smallest absolute Gasteiger partial charge is 0.0703 e. The lowest BCUT2D eigenvalue weighted by atomic mass is 10.2. The lowest BCUT2D eigenvalue weighted by Crippen LogP contribution is -2.38. The van der Waals surface area contributed by atoms with Crippen LogP contribution in [0.3, 0.4) is 0 Å². The van der Waals surface area contributed by atoms with Crippen LogP contribution >= 0.6 is 11.6 Å². The molecular formula is C13H22ClNO2. The molecule has 0 bridgehead atoms. The zero-order chi connectivity index (χ0) is 12.1. The average molecular weight is 260 g/mol. The van der Waals surface area contributed by atoms with Gasteiger partial charge in [-0.2, -0.15) is 0 Å². The van der Waals surface area contributed by atoms with E-state index in [9.17, 15) is 0 Å². The summed E-state index contributed by atoms with van der Waals surface area (Å²) in [6, 6.07) is 0. The second kappa shape index (κ2) is 6.74. The molecule has 0 saturated carbocycles. The van der Waals surface area contributed by atoms with E-state index >= 15 is 0 Å². The highest BCUT2D eigenvalue weighted by Gasteiger charge is 2.23. The molecular weight excluding hydrogens is 238 g/mol. The van der Waals surface area contributed by atoms with Gasteiger partial charge in [-0.25, -0.2) is 0 Å². The molecule has 2 fully saturated rings. The first kappa shape index (κ1) is 13.3. The Bertz CT molecular complexity index is 230. The first-order valence-electron chi connectivity index (χ1n) is 6.53. The van der Waals surface area contributed by atoms with Crippen molar-refractivity contribution in [3.63, 3.8) is 0 Å². The second-order valence-electron chi connectivity index (χ2n) is 4.98. The standard InChI is InChI=1S/C13H22ClNO2/c1-11(14)8-15(9-12-4-2-6-16-12)10-13-5-3-7-17-13/h12-13H,1-10H2. The van der Waals surface area contributed by atoms with Gasteiger partial charge in [-0.1, -0.05) is 18.2 Å². The number of hydrogen-bond donors (Lipinski definition) is 0. The van der Waals surface area contributed by atoms with Crippen LogP contribution in [-0.2, 0) is 9.47 Å². The Kier molecular flexibility index (Phi) is 5.29. The first-order valence-corrected chi connectivity index (χ1v) is 6.90. The average Bonchev–Trinajstić information content (AvgIpc) is 2.89. The quantitative estimate of drug-likeness (QED) is 0.731. The van der Waals surface area contributed by atoms with Crippen LogP contribution in [0.2, 0.25) is 0 Å². The molecule has 2 aliphatic heterocycles. The maximum Gasteiger partial charge on any atom is 0.0703 e. The van der Waals surface area contributed by atoms with Gasteiger partial charge in [0.2, 0.25) is 0 Å². The van der Waals surface area contributed by atoms with Gasteiger partial charge in [-0.15, -0.1) is 0 Å². The van der Waals surface area contributed by atoms with Gasteiger partial charge in [0.25, 0.3) is 0 Å². The lowest BCUT2D eigenvalue weighted by molar-refractivity contribution is 0.0417. The normalized spacial score (nSPS) is 29.1. The van der Waals surface area contributed by atoms with Crippen LogP contribution < -0.4 is 0 Å². The first-order chi connectivity index (χ1) is 8.24. The summed E-state index contributed by atoms with van der Waals surface area (Å²) in [5.41, 5.74) is 0. The van der Waals surface area contributed by atoms with Gasteiger partial charge >= 0.3 is 0 Å². The lowest BCUT2D eigenvalue weighted by Gasteiger charge is -2.27. The van der Waals surface area contributed by atoms with Crippen molar-refractivity contribution in [3.8, 4) is 0 Å². The molecule has 0 aromatic heterocycles. The van der Waals surface area contributed by atoms with E-state index in [1.165, 1.54) is 12.8 Å². The molecule has 0 spiro atoms. The molecule has 98 valence electrons. The van der Waals surface area contributed by atoms with Gasteiger partial charge in [-0.3, -0.25) is 4.90 Å². The van der Waals surface area contributed by atoms with Crippen molar-refractivity contribution in [2.24, 2.45) is 0 Å². The summed E-state index contributed by atoms with van der Waals surface area (Å²) in [5.74, 6) is 0. The molecule has 0 N–H and O–H groups in total. The van der Waals surface area contributed by atoms with Crippen molar-refractivity contribution in [2.75, 3.05) is 32.8 Å². The largest absolute Gasteiger partial charge is 0.377 e. The summed E-state index contributed by atoms with van der Waals surface area (Å²) in [5, 5.41) is 0.695. The molecule has 2 heterocycles. The minimum Gasteiger partial charge on any atom is -0.377 e. The van der Waals surface area contributed by atoms with Gasteiger partial charge in [0.1, 0.15) is 0 Å². The topological polar surface area (TPSA) is 21.7 Å².